The van der Waals surface area contributed by atoms with Crippen LogP contribution in [0.4, 0.5) is 13.2 Å². The Hall–Kier alpha value is -1.17. The number of rotatable bonds is 8. The molecule has 1 saturated heterocycles. The Morgan fingerprint density at radius 3 is 1.73 bits per heavy atom. The van der Waals surface area contributed by atoms with E-state index in [2.05, 4.69) is 18.6 Å². The maximum absolute atomic E-state index is 13.4. The zero-order valence-electron chi connectivity index (χ0n) is 20.0. The highest BCUT2D eigenvalue weighted by molar-refractivity contribution is 7.90. The smallest absolute Gasteiger partial charge is 0.211 e. The first kappa shape index (κ1) is 28.1. The Balaban J connectivity index is 2.24. The van der Waals surface area contributed by atoms with Gasteiger partial charge in [-0.25, -0.2) is 21.6 Å². The van der Waals surface area contributed by atoms with E-state index in [0.717, 1.165) is 16.7 Å². The van der Waals surface area contributed by atoms with Crippen LogP contribution in [0.5, 0.6) is 0 Å². The van der Waals surface area contributed by atoms with Crippen molar-refractivity contribution in [3.05, 3.63) is 28.8 Å². The van der Waals surface area contributed by atoms with Gasteiger partial charge in [0.2, 0.25) is 10.0 Å². The van der Waals surface area contributed by atoms with Crippen molar-refractivity contribution in [3.63, 3.8) is 0 Å². The van der Waals surface area contributed by atoms with Gasteiger partial charge >= 0.3 is 15.5 Å². The molecule has 0 aromatic heterocycles. The highest BCUT2D eigenvalue weighted by Gasteiger charge is 2.50. The largest absolute Gasteiger partial charge is 0.511 e. The van der Waals surface area contributed by atoms with Gasteiger partial charge in [0.15, 0.2) is 0 Å². The number of halogens is 3. The van der Waals surface area contributed by atoms with Crippen molar-refractivity contribution in [2.75, 3.05) is 19.6 Å². The summed E-state index contributed by atoms with van der Waals surface area (Å²) in [6, 6.07) is 3.88. The van der Waals surface area contributed by atoms with Gasteiger partial charge in [0, 0.05) is 19.6 Å². The standard InChI is InChI=1S/C22H35F3N2O4S2/c1-14(2)18-11-19(15(3)4)21(20(12-18)16(5)6)32(28,29)26-13-17-7-9-27(10-8-17)33(30,31)22(23,24)25/h11-12,14-17,26H,7-10,13H2,1-6H3. The first-order chi connectivity index (χ1) is 15.0. The molecule has 0 spiro atoms. The summed E-state index contributed by atoms with van der Waals surface area (Å²) < 4.78 is 91.3. The highest BCUT2D eigenvalue weighted by Crippen LogP contribution is 2.35. The summed E-state index contributed by atoms with van der Waals surface area (Å²) in [5.74, 6) is -0.0607. The number of hydrogen-bond donors (Lipinski definition) is 1. The van der Waals surface area contributed by atoms with Crippen LogP contribution in [0.15, 0.2) is 17.0 Å². The molecule has 2 rings (SSSR count). The van der Waals surface area contributed by atoms with Gasteiger partial charge in [-0.05, 0) is 53.2 Å². The maximum Gasteiger partial charge on any atom is 0.511 e. The maximum atomic E-state index is 13.4. The third-order valence-corrected chi connectivity index (χ3v) is 9.30. The lowest BCUT2D eigenvalue weighted by atomic mass is 9.89. The molecular weight excluding hydrogens is 477 g/mol. The fraction of sp³-hybridized carbons (Fsp3) is 0.727. The van der Waals surface area contributed by atoms with E-state index in [1.807, 2.05) is 39.8 Å². The van der Waals surface area contributed by atoms with Gasteiger partial charge in [-0.1, -0.05) is 53.7 Å². The van der Waals surface area contributed by atoms with Crippen molar-refractivity contribution in [1.82, 2.24) is 9.03 Å². The van der Waals surface area contributed by atoms with E-state index in [1.165, 1.54) is 0 Å². The molecule has 6 nitrogen and oxygen atoms in total. The van der Waals surface area contributed by atoms with Crippen molar-refractivity contribution < 1.29 is 30.0 Å². The number of benzene rings is 1. The minimum absolute atomic E-state index is 0.0245. The van der Waals surface area contributed by atoms with E-state index in [0.29, 0.717) is 4.31 Å². The van der Waals surface area contributed by atoms with Crippen molar-refractivity contribution in [1.29, 1.82) is 0 Å². The van der Waals surface area contributed by atoms with Crippen LogP contribution in [0.2, 0.25) is 0 Å². The van der Waals surface area contributed by atoms with Crippen LogP contribution in [-0.4, -0.2) is 46.3 Å². The molecule has 190 valence electrons. The third kappa shape index (κ3) is 6.29. The van der Waals surface area contributed by atoms with Crippen molar-refractivity contribution in [2.24, 2.45) is 5.92 Å². The summed E-state index contributed by atoms with van der Waals surface area (Å²) in [6.45, 7) is 11.4. The van der Waals surface area contributed by atoms with Gasteiger partial charge in [-0.15, -0.1) is 0 Å². The van der Waals surface area contributed by atoms with E-state index in [1.54, 1.807) is 0 Å². The predicted octanol–water partition coefficient (Wildman–Crippen LogP) is 4.90. The van der Waals surface area contributed by atoms with E-state index in [4.69, 9.17) is 0 Å². The number of alkyl halides is 3. The van der Waals surface area contributed by atoms with Gasteiger partial charge in [-0.3, -0.25) is 0 Å². The SMILES string of the molecule is CC(C)c1cc(C(C)C)c(S(=O)(=O)NCC2CCN(S(=O)(=O)C(F)(F)F)CC2)c(C(C)C)c1. The molecule has 11 heteroatoms. The fourth-order valence-electron chi connectivity index (χ4n) is 4.00. The number of hydrogen-bond acceptors (Lipinski definition) is 4. The molecule has 1 heterocycles. The molecule has 0 saturated carbocycles. The van der Waals surface area contributed by atoms with Gasteiger partial charge in [0.05, 0.1) is 4.90 Å². The van der Waals surface area contributed by atoms with Crippen LogP contribution < -0.4 is 4.72 Å². The van der Waals surface area contributed by atoms with E-state index in [-0.39, 0.29) is 61.0 Å². The Kier molecular flexibility index (Phi) is 8.69. The van der Waals surface area contributed by atoms with Crippen molar-refractivity contribution in [2.45, 2.75) is 82.5 Å². The Morgan fingerprint density at radius 2 is 1.36 bits per heavy atom. The van der Waals surface area contributed by atoms with Crippen LogP contribution in [0.1, 0.15) is 88.8 Å². The molecule has 1 aliphatic rings. The highest BCUT2D eigenvalue weighted by atomic mass is 32.2. The normalized spacial score (nSPS) is 17.5. The van der Waals surface area contributed by atoms with Crippen LogP contribution >= 0.6 is 0 Å². The molecule has 0 atom stereocenters. The summed E-state index contributed by atoms with van der Waals surface area (Å²) >= 11 is 0. The number of nitrogens with zero attached hydrogens (tertiary/aromatic N) is 1. The zero-order valence-corrected chi connectivity index (χ0v) is 21.7. The monoisotopic (exact) mass is 512 g/mol. The lowest BCUT2D eigenvalue weighted by Gasteiger charge is -2.31. The molecule has 1 aromatic carbocycles. The molecule has 0 radical (unpaired) electrons. The van der Waals surface area contributed by atoms with Crippen LogP contribution in [0, 0.1) is 5.92 Å². The first-order valence-corrected chi connectivity index (χ1v) is 14.1. The first-order valence-electron chi connectivity index (χ1n) is 11.2. The molecular formula is C22H35F3N2O4S2. The molecule has 1 N–H and O–H groups in total. The molecule has 33 heavy (non-hydrogen) atoms. The van der Waals surface area contributed by atoms with E-state index in [9.17, 15) is 30.0 Å². The molecule has 0 bridgehead atoms. The molecule has 0 unspecified atom stereocenters. The number of piperidine rings is 1. The fourth-order valence-corrected chi connectivity index (χ4v) is 6.79. The van der Waals surface area contributed by atoms with Crippen LogP contribution in [0.3, 0.4) is 0 Å². The zero-order chi connectivity index (χ0) is 25.4. The minimum atomic E-state index is -5.36. The van der Waals surface area contributed by atoms with Crippen molar-refractivity contribution >= 4 is 20.0 Å². The minimum Gasteiger partial charge on any atom is -0.211 e. The van der Waals surface area contributed by atoms with Crippen LogP contribution in [0.25, 0.3) is 0 Å². The molecule has 1 fully saturated rings. The second kappa shape index (κ2) is 10.2. The van der Waals surface area contributed by atoms with Gasteiger partial charge in [0.25, 0.3) is 0 Å². The van der Waals surface area contributed by atoms with Gasteiger partial charge < -0.3 is 0 Å². The average Bonchev–Trinajstić information content (AvgIpc) is 2.70. The molecule has 1 aromatic rings. The van der Waals surface area contributed by atoms with Gasteiger partial charge in [0.1, 0.15) is 0 Å². The van der Waals surface area contributed by atoms with Gasteiger partial charge in [-0.2, -0.15) is 17.5 Å². The summed E-state index contributed by atoms with van der Waals surface area (Å²) in [7, 11) is -9.24. The lowest BCUT2D eigenvalue weighted by molar-refractivity contribution is -0.0496. The third-order valence-electron chi connectivity index (χ3n) is 6.12. The molecule has 0 amide bonds. The molecule has 0 aliphatic carbocycles. The summed E-state index contributed by atoms with van der Waals surface area (Å²) in [5.41, 5.74) is -2.78. The quantitative estimate of drug-likeness (QED) is 0.537. The molecule has 1 aliphatic heterocycles. The topological polar surface area (TPSA) is 83.6 Å². The Bertz CT molecular complexity index is 1010. The average molecular weight is 513 g/mol. The van der Waals surface area contributed by atoms with E-state index < -0.39 is 25.6 Å². The lowest BCUT2D eigenvalue weighted by Crippen LogP contribution is -2.46. The summed E-state index contributed by atoms with van der Waals surface area (Å²) in [6.07, 6.45) is 0.302. The van der Waals surface area contributed by atoms with E-state index >= 15 is 0 Å². The second-order valence-corrected chi connectivity index (χ2v) is 13.3. The van der Waals surface area contributed by atoms with Crippen molar-refractivity contribution in [3.8, 4) is 0 Å². The summed E-state index contributed by atoms with van der Waals surface area (Å²) in [5, 5.41) is 0. The second-order valence-electron chi connectivity index (χ2n) is 9.64. The Morgan fingerprint density at radius 1 is 0.909 bits per heavy atom. The predicted molar refractivity (Wildman–Crippen MR) is 123 cm³/mol. The number of sulfonamides is 2. The van der Waals surface area contributed by atoms with Crippen LogP contribution in [-0.2, 0) is 20.0 Å². The summed E-state index contributed by atoms with van der Waals surface area (Å²) in [4.78, 5) is 0.272. The number of nitrogens with one attached hydrogen (secondary N) is 1. The Labute approximate surface area is 196 Å².